The maximum absolute atomic E-state index is 11.4. The molecule has 1 unspecified atom stereocenters. The summed E-state index contributed by atoms with van der Waals surface area (Å²) in [6, 6.07) is 8.25. The van der Waals surface area contributed by atoms with E-state index in [0.29, 0.717) is 13.0 Å². The van der Waals surface area contributed by atoms with E-state index in [1.165, 1.54) is 0 Å². The number of aromatic nitrogens is 2. The van der Waals surface area contributed by atoms with Crippen molar-refractivity contribution in [2.75, 3.05) is 39.5 Å². The van der Waals surface area contributed by atoms with Crippen molar-refractivity contribution in [3.63, 3.8) is 0 Å². The summed E-state index contributed by atoms with van der Waals surface area (Å²) in [4.78, 5) is 35.0. The Labute approximate surface area is 191 Å². The number of hydrogen-bond acceptors (Lipinski definition) is 7. The molecule has 2 saturated heterocycles. The molecule has 1 aromatic heterocycles. The van der Waals surface area contributed by atoms with E-state index >= 15 is 0 Å². The molecule has 1 aromatic carbocycles. The second-order valence-electron chi connectivity index (χ2n) is 7.24. The van der Waals surface area contributed by atoms with E-state index in [0.717, 1.165) is 63.0 Å². The number of morpholine rings is 1. The molecular weight excluding hydrogens is 432 g/mol. The van der Waals surface area contributed by atoms with Gasteiger partial charge in [-0.25, -0.2) is 4.98 Å². The maximum atomic E-state index is 11.4. The molecule has 2 aliphatic heterocycles. The molecule has 0 bridgehead atoms. The standard InChI is InChI=1S/C20H26N4O3.2CH2O2/c25-19-6-3-17(22-19)15-24-8-7-21-20(24)16-1-4-18(5-2-16)27-14-11-23-9-12-26-13-10-23;2*2-1-3/h1-2,4-5,7-8,17H,3,6,9-15H2,(H,22,25);2*1H,(H,2,3). The average Bonchev–Trinajstić information content (AvgIpc) is 3.45. The SMILES string of the molecule is O=C1CCC(Cn2ccnc2-c2ccc(OCCN3CCOCC3)cc2)N1.O=CO.O=CO. The second-order valence-corrected chi connectivity index (χ2v) is 7.24. The van der Waals surface area contributed by atoms with Gasteiger partial charge in [0.05, 0.1) is 13.2 Å². The molecule has 2 aliphatic rings. The number of imidazole rings is 1. The summed E-state index contributed by atoms with van der Waals surface area (Å²) in [5, 5.41) is 16.8. The maximum Gasteiger partial charge on any atom is 0.290 e. The quantitative estimate of drug-likeness (QED) is 0.512. The van der Waals surface area contributed by atoms with Gasteiger partial charge in [0, 0.05) is 56.6 Å². The van der Waals surface area contributed by atoms with Crippen LogP contribution in [0.5, 0.6) is 5.75 Å². The van der Waals surface area contributed by atoms with Crippen molar-refractivity contribution in [2.45, 2.75) is 25.4 Å². The highest BCUT2D eigenvalue weighted by atomic mass is 16.5. The monoisotopic (exact) mass is 462 g/mol. The molecule has 0 aliphatic carbocycles. The first-order valence-corrected chi connectivity index (χ1v) is 10.6. The fourth-order valence-electron chi connectivity index (χ4n) is 3.59. The van der Waals surface area contributed by atoms with Crippen LogP contribution in [0.25, 0.3) is 11.4 Å². The van der Waals surface area contributed by atoms with Gasteiger partial charge in [-0.15, -0.1) is 0 Å². The van der Waals surface area contributed by atoms with Gasteiger partial charge < -0.3 is 29.6 Å². The van der Waals surface area contributed by atoms with E-state index in [2.05, 4.69) is 19.8 Å². The number of rotatable bonds is 7. The number of carbonyl (C=O) groups excluding carboxylic acids is 1. The van der Waals surface area contributed by atoms with Gasteiger partial charge >= 0.3 is 0 Å². The smallest absolute Gasteiger partial charge is 0.290 e. The first kappa shape index (κ1) is 25.8. The molecule has 2 aromatic rings. The molecule has 1 amide bonds. The molecule has 33 heavy (non-hydrogen) atoms. The van der Waals surface area contributed by atoms with Gasteiger partial charge in [0.25, 0.3) is 12.9 Å². The van der Waals surface area contributed by atoms with Gasteiger partial charge in [-0.3, -0.25) is 19.3 Å². The van der Waals surface area contributed by atoms with Gasteiger partial charge in [0.15, 0.2) is 0 Å². The van der Waals surface area contributed by atoms with E-state index in [-0.39, 0.29) is 24.9 Å². The van der Waals surface area contributed by atoms with Crippen LogP contribution in [0.2, 0.25) is 0 Å². The summed E-state index contributed by atoms with van der Waals surface area (Å²) >= 11 is 0. The van der Waals surface area contributed by atoms with E-state index in [1.807, 2.05) is 30.5 Å². The first-order valence-electron chi connectivity index (χ1n) is 10.6. The predicted octanol–water partition coefficient (Wildman–Crippen LogP) is 0.941. The van der Waals surface area contributed by atoms with Crippen LogP contribution in [0, 0.1) is 0 Å². The van der Waals surface area contributed by atoms with Gasteiger partial charge in [0.1, 0.15) is 18.2 Å². The largest absolute Gasteiger partial charge is 0.492 e. The van der Waals surface area contributed by atoms with Crippen molar-refractivity contribution in [1.82, 2.24) is 19.8 Å². The fraction of sp³-hybridized carbons (Fsp3) is 0.455. The summed E-state index contributed by atoms with van der Waals surface area (Å²) in [6.07, 6.45) is 5.27. The van der Waals surface area contributed by atoms with Gasteiger partial charge in [-0.1, -0.05) is 0 Å². The van der Waals surface area contributed by atoms with E-state index in [4.69, 9.17) is 29.3 Å². The van der Waals surface area contributed by atoms with E-state index in [1.54, 1.807) is 6.20 Å². The topological polar surface area (TPSA) is 143 Å². The normalized spacial score (nSPS) is 17.6. The molecular formula is C22H30N4O7. The third-order valence-corrected chi connectivity index (χ3v) is 5.11. The van der Waals surface area contributed by atoms with Crippen LogP contribution in [-0.4, -0.2) is 89.0 Å². The van der Waals surface area contributed by atoms with Crippen LogP contribution in [0.4, 0.5) is 0 Å². The summed E-state index contributed by atoms with van der Waals surface area (Å²) in [6.45, 7) is 5.42. The van der Waals surface area contributed by atoms with Crippen molar-refractivity contribution in [1.29, 1.82) is 0 Å². The van der Waals surface area contributed by atoms with Crippen molar-refractivity contribution in [3.8, 4) is 17.1 Å². The number of carboxylic acid groups (broad SMARTS) is 2. The highest BCUT2D eigenvalue weighted by molar-refractivity contribution is 5.78. The Kier molecular flexibility index (Phi) is 11.4. The number of amides is 1. The van der Waals surface area contributed by atoms with Crippen LogP contribution in [0.3, 0.4) is 0 Å². The summed E-state index contributed by atoms with van der Waals surface area (Å²) in [7, 11) is 0. The number of carbonyl (C=O) groups is 3. The third-order valence-electron chi connectivity index (χ3n) is 5.11. The molecule has 3 N–H and O–H groups in total. The summed E-state index contributed by atoms with van der Waals surface area (Å²) in [5.41, 5.74) is 1.05. The van der Waals surface area contributed by atoms with Crippen molar-refractivity contribution in [3.05, 3.63) is 36.7 Å². The first-order chi connectivity index (χ1) is 16.1. The van der Waals surface area contributed by atoms with E-state index in [9.17, 15) is 4.79 Å². The molecule has 0 radical (unpaired) electrons. The Bertz CT molecular complexity index is 845. The zero-order chi connectivity index (χ0) is 23.9. The van der Waals surface area contributed by atoms with Crippen LogP contribution in [0.15, 0.2) is 36.7 Å². The predicted molar refractivity (Wildman–Crippen MR) is 119 cm³/mol. The van der Waals surface area contributed by atoms with E-state index < -0.39 is 0 Å². The van der Waals surface area contributed by atoms with Crippen LogP contribution in [0.1, 0.15) is 12.8 Å². The average molecular weight is 463 g/mol. The summed E-state index contributed by atoms with van der Waals surface area (Å²) in [5.74, 6) is 1.92. The lowest BCUT2D eigenvalue weighted by Crippen LogP contribution is -2.38. The lowest BCUT2D eigenvalue weighted by molar-refractivity contribution is -0.123. The minimum Gasteiger partial charge on any atom is -0.492 e. The molecule has 180 valence electrons. The second kappa shape index (κ2) is 14.6. The Morgan fingerprint density at radius 1 is 1.15 bits per heavy atom. The van der Waals surface area contributed by atoms with Crippen LogP contribution >= 0.6 is 0 Å². The van der Waals surface area contributed by atoms with Gasteiger partial charge in [0.2, 0.25) is 5.91 Å². The molecule has 4 rings (SSSR count). The zero-order valence-electron chi connectivity index (χ0n) is 18.3. The van der Waals surface area contributed by atoms with Gasteiger partial charge in [-0.2, -0.15) is 0 Å². The molecule has 1 atom stereocenters. The highest BCUT2D eigenvalue weighted by Gasteiger charge is 2.22. The molecule has 3 heterocycles. The van der Waals surface area contributed by atoms with Crippen LogP contribution in [-0.2, 0) is 25.7 Å². The lowest BCUT2D eigenvalue weighted by atomic mass is 10.2. The minimum absolute atomic E-state index is 0.139. The number of nitrogens with one attached hydrogen (secondary N) is 1. The Morgan fingerprint density at radius 3 is 2.42 bits per heavy atom. The van der Waals surface area contributed by atoms with Crippen molar-refractivity contribution >= 4 is 18.9 Å². The Hall–Kier alpha value is -3.44. The Balaban J connectivity index is 0.000000582. The minimum atomic E-state index is -0.250. The number of hydrogen-bond donors (Lipinski definition) is 3. The van der Waals surface area contributed by atoms with Gasteiger partial charge in [-0.05, 0) is 30.7 Å². The fourth-order valence-corrected chi connectivity index (χ4v) is 3.59. The zero-order valence-corrected chi connectivity index (χ0v) is 18.3. The lowest BCUT2D eigenvalue weighted by Gasteiger charge is -2.26. The number of ether oxygens (including phenoxy) is 2. The number of nitrogens with zero attached hydrogens (tertiary/aromatic N) is 3. The van der Waals surface area contributed by atoms with Crippen molar-refractivity contribution in [2.24, 2.45) is 0 Å². The Morgan fingerprint density at radius 2 is 1.82 bits per heavy atom. The highest BCUT2D eigenvalue weighted by Crippen LogP contribution is 2.22. The van der Waals surface area contributed by atoms with Crippen LogP contribution < -0.4 is 10.1 Å². The molecule has 11 nitrogen and oxygen atoms in total. The summed E-state index contributed by atoms with van der Waals surface area (Å²) < 4.78 is 13.3. The number of benzene rings is 1. The third kappa shape index (κ3) is 8.91. The van der Waals surface area contributed by atoms with Crippen molar-refractivity contribution < 1.29 is 34.1 Å². The molecule has 0 spiro atoms. The molecule has 11 heteroatoms. The molecule has 0 saturated carbocycles. The molecule has 2 fully saturated rings.